The van der Waals surface area contributed by atoms with E-state index in [2.05, 4.69) is 10.3 Å². The van der Waals surface area contributed by atoms with Crippen LogP contribution in [0, 0.1) is 17.1 Å². The Balaban J connectivity index is 1.64. The van der Waals surface area contributed by atoms with Crippen molar-refractivity contribution in [1.82, 2.24) is 10.3 Å². The zero-order valence-electron chi connectivity index (χ0n) is 18.3. The lowest BCUT2D eigenvalue weighted by molar-refractivity contribution is -0.119. The molecule has 1 aliphatic rings. The number of halogens is 1. The number of benzene rings is 2. The van der Waals surface area contributed by atoms with Gasteiger partial charge in [0.25, 0.3) is 5.91 Å². The maximum atomic E-state index is 14.7. The number of rotatable bonds is 6. The number of aromatic nitrogens is 1. The molecule has 0 aliphatic heterocycles. The molecule has 6 nitrogen and oxygen atoms in total. The van der Waals surface area contributed by atoms with Gasteiger partial charge in [0.1, 0.15) is 17.5 Å². The molecule has 0 spiro atoms. The van der Waals surface area contributed by atoms with Gasteiger partial charge in [-0.3, -0.25) is 4.79 Å². The van der Waals surface area contributed by atoms with Crippen molar-refractivity contribution in [3.8, 4) is 17.3 Å². The lowest BCUT2D eigenvalue weighted by atomic mass is 9.88. The molecule has 1 fully saturated rings. The number of hydrogen-bond acceptors (Lipinski definition) is 4. The van der Waals surface area contributed by atoms with Crippen LogP contribution in [-0.4, -0.2) is 22.0 Å². The highest BCUT2D eigenvalue weighted by atomic mass is 19.1. The molecule has 1 heterocycles. The van der Waals surface area contributed by atoms with Gasteiger partial charge in [0.15, 0.2) is 0 Å². The predicted molar refractivity (Wildman–Crippen MR) is 125 cm³/mol. The van der Waals surface area contributed by atoms with Gasteiger partial charge in [-0.1, -0.05) is 55.3 Å². The number of aromatic carboxylic acids is 1. The second-order valence-electron chi connectivity index (χ2n) is 8.20. The molecule has 0 saturated heterocycles. The van der Waals surface area contributed by atoms with Crippen molar-refractivity contribution in [2.45, 2.75) is 31.2 Å². The van der Waals surface area contributed by atoms with Gasteiger partial charge in [-0.2, -0.15) is 5.26 Å². The highest BCUT2D eigenvalue weighted by Gasteiger charge is 2.37. The van der Waals surface area contributed by atoms with E-state index >= 15 is 0 Å². The molecule has 7 heteroatoms. The second-order valence-corrected chi connectivity index (χ2v) is 8.20. The summed E-state index contributed by atoms with van der Waals surface area (Å²) in [6.45, 7) is 0. The molecule has 0 radical (unpaired) electrons. The van der Waals surface area contributed by atoms with Crippen LogP contribution in [-0.2, 0) is 10.3 Å². The first-order valence-corrected chi connectivity index (χ1v) is 10.9. The molecule has 0 unspecified atom stereocenters. The van der Waals surface area contributed by atoms with E-state index in [0.717, 1.165) is 31.2 Å². The quantitative estimate of drug-likeness (QED) is 0.399. The lowest BCUT2D eigenvalue weighted by Gasteiger charge is -2.31. The first-order valence-electron chi connectivity index (χ1n) is 10.9. The summed E-state index contributed by atoms with van der Waals surface area (Å²) >= 11 is 0. The van der Waals surface area contributed by atoms with E-state index in [1.807, 2.05) is 36.4 Å². The number of hydrogen-bond donors (Lipinski definition) is 2. The monoisotopic (exact) mass is 455 g/mol. The molecule has 2 aromatic carbocycles. The van der Waals surface area contributed by atoms with Gasteiger partial charge in [-0.15, -0.1) is 0 Å². The Kier molecular flexibility index (Phi) is 6.51. The van der Waals surface area contributed by atoms with Crippen LogP contribution in [0.4, 0.5) is 4.39 Å². The third kappa shape index (κ3) is 4.57. The Hall–Kier alpha value is -4.31. The molecular weight excluding hydrogens is 433 g/mol. The van der Waals surface area contributed by atoms with Gasteiger partial charge >= 0.3 is 5.97 Å². The van der Waals surface area contributed by atoms with Crippen LogP contribution in [0.2, 0.25) is 0 Å². The van der Waals surface area contributed by atoms with Gasteiger partial charge in [-0.05, 0) is 48.7 Å². The highest BCUT2D eigenvalue weighted by molar-refractivity contribution is 6.02. The average molecular weight is 455 g/mol. The van der Waals surface area contributed by atoms with E-state index in [1.165, 1.54) is 30.3 Å². The van der Waals surface area contributed by atoms with Gasteiger partial charge in [-0.25, -0.2) is 14.2 Å². The van der Waals surface area contributed by atoms with E-state index in [4.69, 9.17) is 0 Å². The summed E-state index contributed by atoms with van der Waals surface area (Å²) in [6.07, 6.45) is 4.88. The Morgan fingerprint density at radius 3 is 2.41 bits per heavy atom. The second kappa shape index (κ2) is 9.67. The number of carbonyl (C=O) groups excluding carboxylic acids is 1. The standard InChI is InChI=1S/C27H22FN3O3/c28-24-21(11-7-12-22(24)26(33)34)23-13-6-10-20(30-23)16-18(17-29)25(32)31-27(14-4-5-15-27)19-8-2-1-3-9-19/h1-3,6-13,16H,4-5,14-15H2,(H,31,32)(H,33,34). The normalized spacial score (nSPS) is 14.9. The first-order chi connectivity index (χ1) is 16.4. The van der Waals surface area contributed by atoms with Crippen LogP contribution in [0.3, 0.4) is 0 Å². The van der Waals surface area contributed by atoms with Crippen LogP contribution in [0.15, 0.2) is 72.3 Å². The SMILES string of the molecule is N#CC(=Cc1cccc(-c2cccc(C(=O)O)c2F)n1)C(=O)NC1(c2ccccc2)CCCC1. The Morgan fingerprint density at radius 1 is 1.03 bits per heavy atom. The molecule has 4 rings (SSSR count). The van der Waals surface area contributed by atoms with Crippen molar-refractivity contribution in [2.24, 2.45) is 0 Å². The third-order valence-electron chi connectivity index (χ3n) is 6.07. The van der Waals surface area contributed by atoms with Gasteiger partial charge in [0.2, 0.25) is 0 Å². The summed E-state index contributed by atoms with van der Waals surface area (Å²) in [5, 5.41) is 21.9. The van der Waals surface area contributed by atoms with Crippen molar-refractivity contribution in [2.75, 3.05) is 0 Å². The third-order valence-corrected chi connectivity index (χ3v) is 6.07. The largest absolute Gasteiger partial charge is 0.478 e. The van der Waals surface area contributed by atoms with Crippen molar-refractivity contribution >= 4 is 18.0 Å². The lowest BCUT2D eigenvalue weighted by Crippen LogP contribution is -2.44. The van der Waals surface area contributed by atoms with Crippen LogP contribution in [0.25, 0.3) is 17.3 Å². The molecule has 3 aromatic rings. The smallest absolute Gasteiger partial charge is 0.338 e. The van der Waals surface area contributed by atoms with Crippen molar-refractivity contribution < 1.29 is 19.1 Å². The molecule has 0 atom stereocenters. The van der Waals surface area contributed by atoms with Crippen molar-refractivity contribution in [3.05, 3.63) is 94.9 Å². The van der Waals surface area contributed by atoms with E-state index in [9.17, 15) is 24.3 Å². The molecule has 1 amide bonds. The maximum Gasteiger partial charge on any atom is 0.338 e. The van der Waals surface area contributed by atoms with E-state index in [1.54, 1.807) is 12.1 Å². The number of nitrogens with one attached hydrogen (secondary N) is 1. The zero-order valence-corrected chi connectivity index (χ0v) is 18.3. The van der Waals surface area contributed by atoms with E-state index in [0.29, 0.717) is 0 Å². The van der Waals surface area contributed by atoms with Crippen molar-refractivity contribution in [1.29, 1.82) is 5.26 Å². The fraction of sp³-hybridized carbons (Fsp3) is 0.185. The molecule has 1 aromatic heterocycles. The van der Waals surface area contributed by atoms with Crippen LogP contribution in [0.1, 0.15) is 47.3 Å². The predicted octanol–water partition coefficient (Wildman–Crippen LogP) is 5.08. The molecule has 2 N–H and O–H groups in total. The summed E-state index contributed by atoms with van der Waals surface area (Å²) in [4.78, 5) is 28.7. The highest BCUT2D eigenvalue weighted by Crippen LogP contribution is 2.39. The minimum atomic E-state index is -1.38. The van der Waals surface area contributed by atoms with E-state index in [-0.39, 0.29) is 22.5 Å². The zero-order chi connectivity index (χ0) is 24.1. The van der Waals surface area contributed by atoms with Crippen LogP contribution < -0.4 is 5.32 Å². The van der Waals surface area contributed by atoms with Crippen LogP contribution >= 0.6 is 0 Å². The van der Waals surface area contributed by atoms with Gasteiger partial charge < -0.3 is 10.4 Å². The summed E-state index contributed by atoms with van der Waals surface area (Å²) < 4.78 is 14.7. The molecule has 0 bridgehead atoms. The Bertz CT molecular complexity index is 1310. The summed E-state index contributed by atoms with van der Waals surface area (Å²) in [5.74, 6) is -2.77. The minimum Gasteiger partial charge on any atom is -0.478 e. The minimum absolute atomic E-state index is 0.0205. The topological polar surface area (TPSA) is 103 Å². The van der Waals surface area contributed by atoms with Gasteiger partial charge in [0.05, 0.1) is 22.5 Å². The van der Waals surface area contributed by atoms with Crippen LogP contribution in [0.5, 0.6) is 0 Å². The number of pyridine rings is 1. The fourth-order valence-corrected chi connectivity index (χ4v) is 4.38. The number of amides is 1. The Morgan fingerprint density at radius 2 is 1.74 bits per heavy atom. The number of carbonyl (C=O) groups is 2. The first kappa shape index (κ1) is 22.9. The average Bonchev–Trinajstić information content (AvgIpc) is 3.32. The summed E-state index contributed by atoms with van der Waals surface area (Å²) in [7, 11) is 0. The fourth-order valence-electron chi connectivity index (χ4n) is 4.38. The molecule has 1 saturated carbocycles. The number of carboxylic acids is 1. The number of carboxylic acid groups (broad SMARTS) is 1. The van der Waals surface area contributed by atoms with E-state index < -0.39 is 28.8 Å². The number of nitriles is 1. The molecular formula is C27H22FN3O3. The van der Waals surface area contributed by atoms with Gasteiger partial charge in [0, 0.05) is 5.56 Å². The summed E-state index contributed by atoms with van der Waals surface area (Å²) in [5.41, 5.74) is 0.406. The maximum absolute atomic E-state index is 14.7. The number of nitrogens with zero attached hydrogens (tertiary/aromatic N) is 2. The Labute approximate surface area is 196 Å². The molecule has 1 aliphatic carbocycles. The van der Waals surface area contributed by atoms with Crippen molar-refractivity contribution in [3.63, 3.8) is 0 Å². The molecule has 170 valence electrons. The molecule has 34 heavy (non-hydrogen) atoms. The summed E-state index contributed by atoms with van der Waals surface area (Å²) in [6, 6.07) is 20.5.